The van der Waals surface area contributed by atoms with Gasteiger partial charge in [0.25, 0.3) is 0 Å². The van der Waals surface area contributed by atoms with Crippen molar-refractivity contribution < 1.29 is 5.11 Å². The minimum Gasteiger partial charge on any atom is -0.388 e. The lowest BCUT2D eigenvalue weighted by Crippen LogP contribution is -2.31. The van der Waals surface area contributed by atoms with Crippen LogP contribution in [0.15, 0.2) is 6.07 Å². The van der Waals surface area contributed by atoms with Gasteiger partial charge in [-0.2, -0.15) is 0 Å². The molecule has 1 N–H and O–H groups in total. The highest BCUT2D eigenvalue weighted by Crippen LogP contribution is 2.46. The average molecular weight is 289 g/mol. The Morgan fingerprint density at radius 3 is 2.62 bits per heavy atom. The fraction of sp³-hybridized carbons (Fsp3) is 0.789. The van der Waals surface area contributed by atoms with Gasteiger partial charge in [-0.1, -0.05) is 27.7 Å². The van der Waals surface area contributed by atoms with Crippen molar-refractivity contribution in [2.24, 2.45) is 17.3 Å². The van der Waals surface area contributed by atoms with E-state index in [1.54, 1.807) is 0 Å². The summed E-state index contributed by atoms with van der Waals surface area (Å²) in [6.45, 7) is 11.6. The Kier molecular flexibility index (Phi) is 3.72. The van der Waals surface area contributed by atoms with Gasteiger partial charge in [0.15, 0.2) is 0 Å². The van der Waals surface area contributed by atoms with Crippen LogP contribution in [-0.4, -0.2) is 9.67 Å². The molecule has 0 bridgehead atoms. The molecule has 0 aromatic carbocycles. The maximum Gasteiger partial charge on any atom is 0.0812 e. The zero-order valence-electron chi connectivity index (χ0n) is 14.3. The number of nitrogens with zero attached hydrogens (tertiary/aromatic N) is 1. The third-order valence-electron chi connectivity index (χ3n) is 5.84. The lowest BCUT2D eigenvalue weighted by atomic mass is 9.75. The molecule has 0 saturated heterocycles. The van der Waals surface area contributed by atoms with Crippen molar-refractivity contribution in [1.82, 2.24) is 4.57 Å². The summed E-state index contributed by atoms with van der Waals surface area (Å²) in [6, 6.07) is 2.88. The van der Waals surface area contributed by atoms with Gasteiger partial charge in [-0.15, -0.1) is 0 Å². The van der Waals surface area contributed by atoms with Gasteiger partial charge >= 0.3 is 0 Å². The zero-order chi connectivity index (χ0) is 15.4. The molecule has 0 spiro atoms. The Labute approximate surface area is 129 Å². The van der Waals surface area contributed by atoms with Crippen LogP contribution in [-0.2, 0) is 6.42 Å². The fourth-order valence-corrected chi connectivity index (χ4v) is 4.86. The molecule has 4 unspecified atom stereocenters. The number of aryl methyl sites for hydroxylation is 1. The molecule has 3 rings (SSSR count). The first-order valence-corrected chi connectivity index (χ1v) is 8.67. The van der Waals surface area contributed by atoms with Crippen LogP contribution < -0.4 is 0 Å². The number of fused-ring (bicyclic) bond motifs is 1. The molecule has 1 saturated carbocycles. The summed E-state index contributed by atoms with van der Waals surface area (Å²) in [6.07, 6.45) is 5.69. The van der Waals surface area contributed by atoms with E-state index in [-0.39, 0.29) is 11.5 Å². The second-order valence-corrected chi connectivity index (χ2v) is 8.58. The maximum absolute atomic E-state index is 10.5. The van der Waals surface area contributed by atoms with E-state index in [9.17, 15) is 5.11 Å². The summed E-state index contributed by atoms with van der Waals surface area (Å²) < 4.78 is 2.59. The van der Waals surface area contributed by atoms with E-state index in [1.807, 2.05) is 0 Å². The van der Waals surface area contributed by atoms with E-state index in [2.05, 4.69) is 45.3 Å². The quantitative estimate of drug-likeness (QED) is 0.789. The van der Waals surface area contributed by atoms with Crippen molar-refractivity contribution in [2.75, 3.05) is 0 Å². The average Bonchev–Trinajstić information content (AvgIpc) is 2.65. The minimum atomic E-state index is -0.276. The van der Waals surface area contributed by atoms with Crippen molar-refractivity contribution in [3.63, 3.8) is 0 Å². The van der Waals surface area contributed by atoms with Gasteiger partial charge in [-0.3, -0.25) is 0 Å². The summed E-state index contributed by atoms with van der Waals surface area (Å²) >= 11 is 0. The van der Waals surface area contributed by atoms with E-state index in [0.717, 1.165) is 24.7 Å². The monoisotopic (exact) mass is 289 g/mol. The molecular formula is C19H31NO. The van der Waals surface area contributed by atoms with Crippen LogP contribution in [0.5, 0.6) is 0 Å². The SMILES string of the molecule is Cc1cc2c(n1C1CCC(C)CC1C)CC(C)(C)CC2O. The van der Waals surface area contributed by atoms with E-state index >= 15 is 0 Å². The molecule has 1 aromatic heterocycles. The first kappa shape index (κ1) is 15.1. The topological polar surface area (TPSA) is 25.2 Å². The summed E-state index contributed by atoms with van der Waals surface area (Å²) in [4.78, 5) is 0. The highest BCUT2D eigenvalue weighted by molar-refractivity contribution is 5.34. The molecule has 4 atom stereocenters. The van der Waals surface area contributed by atoms with Gasteiger partial charge in [-0.25, -0.2) is 0 Å². The second kappa shape index (κ2) is 5.15. The van der Waals surface area contributed by atoms with Crippen LogP contribution >= 0.6 is 0 Å². The highest BCUT2D eigenvalue weighted by atomic mass is 16.3. The number of aromatic nitrogens is 1. The number of rotatable bonds is 1. The Morgan fingerprint density at radius 1 is 1.24 bits per heavy atom. The lowest BCUT2D eigenvalue weighted by molar-refractivity contribution is 0.0954. The third-order valence-corrected chi connectivity index (χ3v) is 5.84. The van der Waals surface area contributed by atoms with E-state index < -0.39 is 0 Å². The van der Waals surface area contributed by atoms with Crippen molar-refractivity contribution in [3.05, 3.63) is 23.0 Å². The van der Waals surface area contributed by atoms with E-state index in [0.29, 0.717) is 6.04 Å². The molecule has 2 heteroatoms. The molecule has 2 aliphatic carbocycles. The van der Waals surface area contributed by atoms with Gasteiger partial charge in [0.1, 0.15) is 0 Å². The molecule has 0 aliphatic heterocycles. The first-order chi connectivity index (χ1) is 9.78. The molecule has 0 amide bonds. The molecule has 2 nitrogen and oxygen atoms in total. The van der Waals surface area contributed by atoms with Gasteiger partial charge < -0.3 is 9.67 Å². The molecule has 1 aromatic rings. The Hall–Kier alpha value is -0.760. The van der Waals surface area contributed by atoms with Gasteiger partial charge in [-0.05, 0) is 62.3 Å². The molecule has 0 radical (unpaired) electrons. The summed E-state index contributed by atoms with van der Waals surface area (Å²) in [5.74, 6) is 1.61. The molecular weight excluding hydrogens is 258 g/mol. The van der Waals surface area contributed by atoms with Crippen LogP contribution in [0.25, 0.3) is 0 Å². The molecule has 118 valence electrons. The normalized spacial score (nSPS) is 35.5. The second-order valence-electron chi connectivity index (χ2n) is 8.58. The van der Waals surface area contributed by atoms with Gasteiger partial charge in [0, 0.05) is 23.0 Å². The minimum absolute atomic E-state index is 0.208. The zero-order valence-corrected chi connectivity index (χ0v) is 14.3. The summed E-state index contributed by atoms with van der Waals surface area (Å²) in [5.41, 5.74) is 4.18. The molecule has 2 aliphatic rings. The Morgan fingerprint density at radius 2 is 1.95 bits per heavy atom. The third kappa shape index (κ3) is 2.67. The predicted octanol–water partition coefficient (Wildman–Crippen LogP) is 4.80. The summed E-state index contributed by atoms with van der Waals surface area (Å²) in [7, 11) is 0. The lowest BCUT2D eigenvalue weighted by Gasteiger charge is -2.39. The van der Waals surface area contributed by atoms with Gasteiger partial charge in [0.2, 0.25) is 0 Å². The Balaban J connectivity index is 2.00. The molecule has 1 fully saturated rings. The van der Waals surface area contributed by atoms with Crippen molar-refractivity contribution in [1.29, 1.82) is 0 Å². The van der Waals surface area contributed by atoms with E-state index in [4.69, 9.17) is 0 Å². The number of aliphatic hydroxyl groups is 1. The van der Waals surface area contributed by atoms with Crippen molar-refractivity contribution >= 4 is 0 Å². The van der Waals surface area contributed by atoms with Crippen LogP contribution in [0.3, 0.4) is 0 Å². The van der Waals surface area contributed by atoms with Crippen LogP contribution in [0.1, 0.15) is 82.5 Å². The van der Waals surface area contributed by atoms with Crippen molar-refractivity contribution in [2.45, 2.75) is 78.9 Å². The van der Waals surface area contributed by atoms with E-state index in [1.165, 1.54) is 36.2 Å². The smallest absolute Gasteiger partial charge is 0.0812 e. The van der Waals surface area contributed by atoms with Crippen LogP contribution in [0, 0.1) is 24.2 Å². The standard InChI is InChI=1S/C19H31NO/c1-12-6-7-16(13(2)8-12)20-14(3)9-15-17(20)10-19(4,5)11-18(15)21/h9,12-13,16,18,21H,6-8,10-11H2,1-5H3. The Bertz CT molecular complexity index is 528. The first-order valence-electron chi connectivity index (χ1n) is 8.67. The van der Waals surface area contributed by atoms with Crippen LogP contribution in [0.2, 0.25) is 0 Å². The largest absolute Gasteiger partial charge is 0.388 e. The fourth-order valence-electron chi connectivity index (χ4n) is 4.86. The number of aliphatic hydroxyl groups excluding tert-OH is 1. The molecule has 1 heterocycles. The molecule has 21 heavy (non-hydrogen) atoms. The number of hydrogen-bond donors (Lipinski definition) is 1. The van der Waals surface area contributed by atoms with Crippen molar-refractivity contribution in [3.8, 4) is 0 Å². The highest BCUT2D eigenvalue weighted by Gasteiger charge is 2.37. The van der Waals surface area contributed by atoms with Crippen LogP contribution in [0.4, 0.5) is 0 Å². The maximum atomic E-state index is 10.5. The predicted molar refractivity (Wildman–Crippen MR) is 87.4 cm³/mol. The number of hydrogen-bond acceptors (Lipinski definition) is 1. The van der Waals surface area contributed by atoms with Gasteiger partial charge in [0.05, 0.1) is 6.10 Å². The summed E-state index contributed by atoms with van der Waals surface area (Å²) in [5, 5.41) is 10.5.